The van der Waals surface area contributed by atoms with Gasteiger partial charge in [0.05, 0.1) is 6.26 Å². The molecular formula is C14H21NO2S. The van der Waals surface area contributed by atoms with Gasteiger partial charge in [0.1, 0.15) is 0 Å². The molecule has 1 aromatic rings. The third-order valence-electron chi connectivity index (χ3n) is 3.56. The molecule has 0 radical (unpaired) electrons. The van der Waals surface area contributed by atoms with Crippen molar-refractivity contribution >= 4 is 10.0 Å². The molecule has 1 aliphatic rings. The molecule has 0 bridgehead atoms. The van der Waals surface area contributed by atoms with E-state index < -0.39 is 10.0 Å². The number of sulfonamides is 1. The Morgan fingerprint density at radius 2 is 2.00 bits per heavy atom. The van der Waals surface area contributed by atoms with Crippen molar-refractivity contribution < 1.29 is 8.42 Å². The van der Waals surface area contributed by atoms with E-state index in [4.69, 9.17) is 0 Å². The van der Waals surface area contributed by atoms with Gasteiger partial charge >= 0.3 is 0 Å². The Morgan fingerprint density at radius 1 is 1.22 bits per heavy atom. The van der Waals surface area contributed by atoms with Crippen molar-refractivity contribution in [3.8, 4) is 0 Å². The first kappa shape index (κ1) is 13.6. The molecule has 1 atom stereocenters. The molecule has 1 heterocycles. The molecule has 4 heteroatoms. The van der Waals surface area contributed by atoms with Gasteiger partial charge in [-0.05, 0) is 25.3 Å². The first-order valence-corrected chi connectivity index (χ1v) is 8.37. The van der Waals surface area contributed by atoms with Crippen molar-refractivity contribution in [2.24, 2.45) is 0 Å². The van der Waals surface area contributed by atoms with Gasteiger partial charge in [0.15, 0.2) is 0 Å². The van der Waals surface area contributed by atoms with Gasteiger partial charge in [-0.3, -0.25) is 0 Å². The first-order chi connectivity index (χ1) is 8.48. The fraction of sp³-hybridized carbons (Fsp3) is 0.571. The van der Waals surface area contributed by atoms with Crippen LogP contribution in [0.25, 0.3) is 0 Å². The smallest absolute Gasteiger partial charge is 0.211 e. The number of nitrogens with zero attached hydrogens (tertiary/aromatic N) is 1. The maximum atomic E-state index is 11.9. The summed E-state index contributed by atoms with van der Waals surface area (Å²) in [6, 6.07) is 8.22. The summed E-state index contributed by atoms with van der Waals surface area (Å²) in [5.41, 5.74) is 2.31. The summed E-state index contributed by atoms with van der Waals surface area (Å²) >= 11 is 0. The lowest BCUT2D eigenvalue weighted by atomic mass is 10.0. The van der Waals surface area contributed by atoms with Crippen LogP contribution in [0.3, 0.4) is 0 Å². The van der Waals surface area contributed by atoms with Crippen LogP contribution in [-0.4, -0.2) is 25.5 Å². The maximum absolute atomic E-state index is 11.9. The predicted octanol–water partition coefficient (Wildman–Crippen LogP) is 2.87. The number of hydrogen-bond donors (Lipinski definition) is 0. The summed E-state index contributed by atoms with van der Waals surface area (Å²) < 4.78 is 25.5. The van der Waals surface area contributed by atoms with Crippen molar-refractivity contribution in [1.82, 2.24) is 4.31 Å². The normalized spacial score (nSPS) is 22.7. The van der Waals surface area contributed by atoms with E-state index in [0.717, 1.165) is 31.2 Å². The standard InChI is InChI=1S/C14H21NO2S/c1-12-7-6-8-13(11-12)14-9-4-3-5-10-15(14)18(2,16)17/h6-8,11,14H,3-5,9-10H2,1-2H3/t14-/m1/s1. The average molecular weight is 267 g/mol. The average Bonchev–Trinajstić information content (AvgIpc) is 2.53. The van der Waals surface area contributed by atoms with E-state index in [0.29, 0.717) is 6.54 Å². The Morgan fingerprint density at radius 3 is 2.67 bits per heavy atom. The number of rotatable bonds is 2. The highest BCUT2D eigenvalue weighted by molar-refractivity contribution is 7.88. The molecule has 0 saturated carbocycles. The minimum atomic E-state index is -3.13. The van der Waals surface area contributed by atoms with Crippen LogP contribution in [0, 0.1) is 6.92 Å². The Bertz CT molecular complexity index is 510. The topological polar surface area (TPSA) is 37.4 Å². The summed E-state index contributed by atoms with van der Waals surface area (Å²) in [5.74, 6) is 0. The van der Waals surface area contributed by atoms with Crippen molar-refractivity contribution in [3.63, 3.8) is 0 Å². The monoisotopic (exact) mass is 267 g/mol. The van der Waals surface area contributed by atoms with E-state index in [1.807, 2.05) is 25.1 Å². The summed E-state index contributed by atoms with van der Waals surface area (Å²) in [6.45, 7) is 2.70. The quantitative estimate of drug-likeness (QED) is 0.826. The minimum Gasteiger partial charge on any atom is -0.212 e. The number of aryl methyl sites for hydroxylation is 1. The number of benzene rings is 1. The van der Waals surface area contributed by atoms with Crippen LogP contribution in [0.4, 0.5) is 0 Å². The molecule has 0 spiro atoms. The lowest BCUT2D eigenvalue weighted by molar-refractivity contribution is 0.331. The maximum Gasteiger partial charge on any atom is 0.211 e. The highest BCUT2D eigenvalue weighted by atomic mass is 32.2. The van der Waals surface area contributed by atoms with Crippen LogP contribution in [0.2, 0.25) is 0 Å². The van der Waals surface area contributed by atoms with Crippen molar-refractivity contribution in [3.05, 3.63) is 35.4 Å². The van der Waals surface area contributed by atoms with Gasteiger partial charge in [0.2, 0.25) is 10.0 Å². The summed E-state index contributed by atoms with van der Waals surface area (Å²) in [6.07, 6.45) is 5.44. The third-order valence-corrected chi connectivity index (χ3v) is 4.85. The van der Waals surface area contributed by atoms with E-state index in [9.17, 15) is 8.42 Å². The molecule has 0 N–H and O–H groups in total. The van der Waals surface area contributed by atoms with E-state index in [-0.39, 0.29) is 6.04 Å². The van der Waals surface area contributed by atoms with Crippen LogP contribution in [-0.2, 0) is 10.0 Å². The molecule has 0 aliphatic carbocycles. The predicted molar refractivity (Wildman–Crippen MR) is 73.9 cm³/mol. The molecular weight excluding hydrogens is 246 g/mol. The second kappa shape index (κ2) is 5.41. The molecule has 3 nitrogen and oxygen atoms in total. The fourth-order valence-corrected chi connectivity index (χ4v) is 3.84. The van der Waals surface area contributed by atoms with Gasteiger partial charge in [-0.15, -0.1) is 0 Å². The molecule has 0 unspecified atom stereocenters. The third kappa shape index (κ3) is 3.12. The van der Waals surface area contributed by atoms with Crippen molar-refractivity contribution in [2.75, 3.05) is 12.8 Å². The van der Waals surface area contributed by atoms with Gasteiger partial charge in [0.25, 0.3) is 0 Å². The fourth-order valence-electron chi connectivity index (χ4n) is 2.69. The highest BCUT2D eigenvalue weighted by Crippen LogP contribution is 2.32. The lowest BCUT2D eigenvalue weighted by Gasteiger charge is -2.28. The van der Waals surface area contributed by atoms with Crippen LogP contribution < -0.4 is 0 Å². The van der Waals surface area contributed by atoms with Gasteiger partial charge in [-0.25, -0.2) is 8.42 Å². The molecule has 1 saturated heterocycles. The zero-order chi connectivity index (χ0) is 13.2. The minimum absolute atomic E-state index is 0.0161. The van der Waals surface area contributed by atoms with Gasteiger partial charge < -0.3 is 0 Å². The molecule has 2 rings (SSSR count). The van der Waals surface area contributed by atoms with Crippen LogP contribution in [0.1, 0.15) is 42.9 Å². The van der Waals surface area contributed by atoms with Crippen LogP contribution >= 0.6 is 0 Å². The van der Waals surface area contributed by atoms with Crippen molar-refractivity contribution in [1.29, 1.82) is 0 Å². The molecule has 18 heavy (non-hydrogen) atoms. The second-order valence-corrected chi connectivity index (χ2v) is 7.09. The Labute approximate surface area is 110 Å². The Balaban J connectivity index is 2.37. The number of hydrogen-bond acceptors (Lipinski definition) is 2. The summed E-state index contributed by atoms with van der Waals surface area (Å²) in [4.78, 5) is 0. The highest BCUT2D eigenvalue weighted by Gasteiger charge is 2.29. The SMILES string of the molecule is Cc1cccc([C@H]2CCCCCN2S(C)(=O)=O)c1. The zero-order valence-electron chi connectivity index (χ0n) is 11.1. The summed E-state index contributed by atoms with van der Waals surface area (Å²) in [5, 5.41) is 0. The molecule has 1 fully saturated rings. The summed E-state index contributed by atoms with van der Waals surface area (Å²) in [7, 11) is -3.13. The molecule has 100 valence electrons. The molecule has 0 amide bonds. The Kier molecular flexibility index (Phi) is 4.07. The lowest BCUT2D eigenvalue weighted by Crippen LogP contribution is -2.33. The first-order valence-electron chi connectivity index (χ1n) is 6.52. The largest absolute Gasteiger partial charge is 0.212 e. The van der Waals surface area contributed by atoms with E-state index in [2.05, 4.69) is 6.07 Å². The zero-order valence-corrected chi connectivity index (χ0v) is 11.9. The molecule has 1 aliphatic heterocycles. The Hall–Kier alpha value is -0.870. The van der Waals surface area contributed by atoms with Crippen LogP contribution in [0.15, 0.2) is 24.3 Å². The van der Waals surface area contributed by atoms with Gasteiger partial charge in [-0.1, -0.05) is 42.7 Å². The van der Waals surface area contributed by atoms with Gasteiger partial charge in [0, 0.05) is 12.6 Å². The van der Waals surface area contributed by atoms with E-state index in [1.54, 1.807) is 4.31 Å². The molecule has 0 aromatic heterocycles. The van der Waals surface area contributed by atoms with Crippen molar-refractivity contribution in [2.45, 2.75) is 38.6 Å². The van der Waals surface area contributed by atoms with Gasteiger partial charge in [-0.2, -0.15) is 4.31 Å². The van der Waals surface area contributed by atoms with Crippen LogP contribution in [0.5, 0.6) is 0 Å². The molecule has 1 aromatic carbocycles. The van der Waals surface area contributed by atoms with E-state index in [1.165, 1.54) is 11.8 Å². The second-order valence-electron chi connectivity index (χ2n) is 5.15. The van der Waals surface area contributed by atoms with E-state index >= 15 is 0 Å².